The van der Waals surface area contributed by atoms with Gasteiger partial charge in [-0.1, -0.05) is 11.6 Å². The van der Waals surface area contributed by atoms with Crippen LogP contribution in [-0.4, -0.2) is 25.5 Å². The maximum absolute atomic E-state index is 12.1. The van der Waals surface area contributed by atoms with Gasteiger partial charge in [0, 0.05) is 24.0 Å². The largest absolute Gasteiger partial charge is 0.345 e. The van der Waals surface area contributed by atoms with E-state index >= 15 is 0 Å². The molecule has 112 valence electrons. The molecule has 0 atom stereocenters. The molecule has 3 aromatic rings. The molecular weight excluding hydrogens is 302 g/mol. The van der Waals surface area contributed by atoms with Crippen LogP contribution in [0.15, 0.2) is 30.6 Å². The fraction of sp³-hybridized carbons (Fsp3) is 0.267. The average Bonchev–Trinajstić information content (AvgIpc) is 3.10. The van der Waals surface area contributed by atoms with E-state index in [2.05, 4.69) is 20.5 Å². The van der Waals surface area contributed by atoms with Crippen molar-refractivity contribution in [2.45, 2.75) is 25.3 Å². The van der Waals surface area contributed by atoms with E-state index in [0.717, 1.165) is 17.0 Å². The van der Waals surface area contributed by atoms with E-state index in [1.54, 1.807) is 12.3 Å². The van der Waals surface area contributed by atoms with Crippen molar-refractivity contribution in [3.63, 3.8) is 0 Å². The number of aromatic amines is 1. The highest BCUT2D eigenvalue weighted by Gasteiger charge is 2.26. The normalized spacial score (nSPS) is 14.4. The zero-order chi connectivity index (χ0) is 15.1. The highest BCUT2D eigenvalue weighted by atomic mass is 35.5. The molecule has 0 saturated heterocycles. The Labute approximate surface area is 131 Å². The van der Waals surface area contributed by atoms with Crippen molar-refractivity contribution >= 4 is 23.2 Å². The third-order valence-electron chi connectivity index (χ3n) is 3.74. The molecule has 0 aliphatic heterocycles. The second-order valence-corrected chi connectivity index (χ2v) is 5.95. The van der Waals surface area contributed by atoms with Gasteiger partial charge < -0.3 is 9.72 Å². The van der Waals surface area contributed by atoms with E-state index < -0.39 is 0 Å². The minimum atomic E-state index is -0.196. The summed E-state index contributed by atoms with van der Waals surface area (Å²) in [5, 5.41) is 10.5. The molecule has 2 N–H and O–H groups in total. The van der Waals surface area contributed by atoms with E-state index in [1.165, 1.54) is 12.8 Å². The Hall–Kier alpha value is -2.34. The highest BCUT2D eigenvalue weighted by molar-refractivity contribution is 6.30. The predicted molar refractivity (Wildman–Crippen MR) is 81.9 cm³/mol. The van der Waals surface area contributed by atoms with Crippen molar-refractivity contribution in [2.24, 2.45) is 0 Å². The number of hydrogen-bond acceptors (Lipinski definition) is 3. The Morgan fingerprint density at radius 2 is 2.27 bits per heavy atom. The molecule has 1 saturated carbocycles. The molecule has 0 unspecified atom stereocenters. The number of H-pyrrole nitrogens is 1. The number of nitrogens with zero attached hydrogens (tertiary/aromatic N) is 3. The molecule has 22 heavy (non-hydrogen) atoms. The molecule has 1 aliphatic carbocycles. The highest BCUT2D eigenvalue weighted by Crippen LogP contribution is 2.38. The summed E-state index contributed by atoms with van der Waals surface area (Å²) in [4.78, 5) is 16.5. The number of halogens is 1. The first kappa shape index (κ1) is 13.3. The lowest BCUT2D eigenvalue weighted by Gasteiger charge is -1.99. The maximum Gasteiger partial charge on any atom is 0.272 e. The van der Waals surface area contributed by atoms with Crippen LogP contribution in [-0.2, 0) is 6.54 Å². The molecule has 1 fully saturated rings. The van der Waals surface area contributed by atoms with Gasteiger partial charge in [-0.25, -0.2) is 4.98 Å². The van der Waals surface area contributed by atoms with Gasteiger partial charge in [-0.2, -0.15) is 5.10 Å². The van der Waals surface area contributed by atoms with E-state index in [4.69, 9.17) is 11.6 Å². The summed E-state index contributed by atoms with van der Waals surface area (Å²) in [5.41, 5.74) is 3.04. The van der Waals surface area contributed by atoms with Gasteiger partial charge in [0.1, 0.15) is 11.3 Å². The standard InChI is InChI=1S/C15H14ClN5O/c16-10-3-4-14-18-11(8-21(14)7-10)6-17-15(22)13-5-12(19-20-13)9-1-2-9/h3-5,7-9H,1-2,6H2,(H,17,22)(H,19,20). The third kappa shape index (κ3) is 2.57. The summed E-state index contributed by atoms with van der Waals surface area (Å²) >= 11 is 5.94. The van der Waals surface area contributed by atoms with Crippen LogP contribution < -0.4 is 5.32 Å². The Kier molecular flexibility index (Phi) is 3.11. The average molecular weight is 316 g/mol. The second-order valence-electron chi connectivity index (χ2n) is 5.51. The van der Waals surface area contributed by atoms with Gasteiger partial charge in [-0.15, -0.1) is 0 Å². The van der Waals surface area contributed by atoms with Gasteiger partial charge in [0.05, 0.1) is 17.3 Å². The number of amides is 1. The van der Waals surface area contributed by atoms with Gasteiger partial charge in [-0.3, -0.25) is 9.89 Å². The number of hydrogen-bond donors (Lipinski definition) is 2. The minimum Gasteiger partial charge on any atom is -0.345 e. The first-order valence-corrected chi connectivity index (χ1v) is 7.53. The zero-order valence-electron chi connectivity index (χ0n) is 11.7. The smallest absolute Gasteiger partial charge is 0.272 e. The van der Waals surface area contributed by atoms with Crippen molar-refractivity contribution in [3.8, 4) is 0 Å². The van der Waals surface area contributed by atoms with Crippen LogP contribution in [0.3, 0.4) is 0 Å². The van der Waals surface area contributed by atoms with Crippen LogP contribution in [0.2, 0.25) is 5.02 Å². The summed E-state index contributed by atoms with van der Waals surface area (Å²) < 4.78 is 1.84. The summed E-state index contributed by atoms with van der Waals surface area (Å²) in [5.74, 6) is 0.357. The van der Waals surface area contributed by atoms with Crippen LogP contribution in [0.5, 0.6) is 0 Å². The lowest BCUT2D eigenvalue weighted by Crippen LogP contribution is -2.23. The number of imidazole rings is 1. The molecule has 7 heteroatoms. The van der Waals surface area contributed by atoms with E-state index in [1.807, 2.05) is 22.7 Å². The minimum absolute atomic E-state index is 0.196. The Bertz CT molecular complexity index is 849. The fourth-order valence-electron chi connectivity index (χ4n) is 2.42. The van der Waals surface area contributed by atoms with Crippen LogP contribution in [0.25, 0.3) is 5.65 Å². The molecule has 1 amide bonds. The first-order chi connectivity index (χ1) is 10.7. The topological polar surface area (TPSA) is 75.1 Å². The lowest BCUT2D eigenvalue weighted by molar-refractivity contribution is 0.0945. The summed E-state index contributed by atoms with van der Waals surface area (Å²) in [6.45, 7) is 0.351. The van der Waals surface area contributed by atoms with Gasteiger partial charge >= 0.3 is 0 Å². The number of pyridine rings is 1. The number of nitrogens with one attached hydrogen (secondary N) is 2. The molecule has 1 aliphatic rings. The number of carbonyl (C=O) groups excluding carboxylic acids is 1. The Morgan fingerprint density at radius 1 is 1.41 bits per heavy atom. The monoisotopic (exact) mass is 315 g/mol. The number of carbonyl (C=O) groups is 1. The van der Waals surface area contributed by atoms with Crippen LogP contribution >= 0.6 is 11.6 Å². The fourth-order valence-corrected chi connectivity index (χ4v) is 2.59. The molecule has 0 aromatic carbocycles. The van der Waals surface area contributed by atoms with E-state index in [-0.39, 0.29) is 5.91 Å². The number of fused-ring (bicyclic) bond motifs is 1. The predicted octanol–water partition coefficient (Wildman–Crippen LogP) is 2.52. The zero-order valence-corrected chi connectivity index (χ0v) is 12.5. The number of rotatable bonds is 4. The van der Waals surface area contributed by atoms with Crippen molar-refractivity contribution in [3.05, 3.63) is 52.7 Å². The van der Waals surface area contributed by atoms with E-state index in [9.17, 15) is 4.79 Å². The molecular formula is C15H14ClN5O. The molecule has 0 radical (unpaired) electrons. The SMILES string of the molecule is O=C(NCc1cn2cc(Cl)ccc2n1)c1cc(C2CC2)[nH]n1. The van der Waals surface area contributed by atoms with Crippen molar-refractivity contribution in [1.29, 1.82) is 0 Å². The van der Waals surface area contributed by atoms with Gasteiger partial charge in [0.2, 0.25) is 0 Å². The van der Waals surface area contributed by atoms with E-state index in [0.29, 0.717) is 23.2 Å². The molecule has 6 nitrogen and oxygen atoms in total. The van der Waals surface area contributed by atoms with Crippen molar-refractivity contribution in [2.75, 3.05) is 0 Å². The maximum atomic E-state index is 12.1. The summed E-state index contributed by atoms with van der Waals surface area (Å²) in [6, 6.07) is 5.45. The van der Waals surface area contributed by atoms with Crippen molar-refractivity contribution < 1.29 is 4.79 Å². The lowest BCUT2D eigenvalue weighted by atomic mass is 10.2. The summed E-state index contributed by atoms with van der Waals surface area (Å²) in [7, 11) is 0. The quantitative estimate of drug-likeness (QED) is 0.777. The molecule has 0 spiro atoms. The van der Waals surface area contributed by atoms with Crippen LogP contribution in [0.4, 0.5) is 0 Å². The van der Waals surface area contributed by atoms with Crippen molar-refractivity contribution in [1.82, 2.24) is 24.9 Å². The third-order valence-corrected chi connectivity index (χ3v) is 3.97. The van der Waals surface area contributed by atoms with Gasteiger partial charge in [-0.05, 0) is 31.0 Å². The first-order valence-electron chi connectivity index (χ1n) is 7.16. The Balaban J connectivity index is 1.44. The molecule has 0 bridgehead atoms. The van der Waals surface area contributed by atoms with Crippen LogP contribution in [0, 0.1) is 0 Å². The van der Waals surface area contributed by atoms with Crippen LogP contribution in [0.1, 0.15) is 40.6 Å². The second kappa shape index (κ2) is 5.14. The molecule has 3 aromatic heterocycles. The Morgan fingerprint density at radius 3 is 3.09 bits per heavy atom. The number of aromatic nitrogens is 4. The van der Waals surface area contributed by atoms with Gasteiger partial charge in [0.15, 0.2) is 0 Å². The molecule has 4 rings (SSSR count). The molecule has 3 heterocycles. The van der Waals surface area contributed by atoms with Gasteiger partial charge in [0.25, 0.3) is 5.91 Å². The summed E-state index contributed by atoms with van der Waals surface area (Å²) in [6.07, 6.45) is 5.98.